The highest BCUT2D eigenvalue weighted by molar-refractivity contribution is 6.42. The molecule has 2 aromatic rings. The maximum Gasteiger partial charge on any atom is 0.308 e. The number of hydrogen-bond acceptors (Lipinski definition) is 3. The number of hydrogen-bond donors (Lipinski definition) is 1. The van der Waals surface area contributed by atoms with Gasteiger partial charge in [0.2, 0.25) is 5.91 Å². The average Bonchev–Trinajstić information content (AvgIpc) is 3.69. The molecule has 1 saturated heterocycles. The van der Waals surface area contributed by atoms with E-state index in [0.29, 0.717) is 27.6 Å². The number of rotatable bonds is 9. The van der Waals surface area contributed by atoms with Gasteiger partial charge in [0.1, 0.15) is 5.75 Å². The van der Waals surface area contributed by atoms with Crippen LogP contribution in [-0.4, -0.2) is 48.6 Å². The van der Waals surface area contributed by atoms with Gasteiger partial charge in [-0.2, -0.15) is 0 Å². The molecule has 4 atom stereocenters. The third-order valence-electron chi connectivity index (χ3n) is 9.37. The lowest BCUT2D eigenvalue weighted by molar-refractivity contribution is -0.942. The summed E-state index contributed by atoms with van der Waals surface area (Å²) >= 11 is 12.3. The number of piperidine rings is 1. The van der Waals surface area contributed by atoms with E-state index < -0.39 is 0 Å². The maximum atomic E-state index is 13.2. The number of quaternary nitrogens is 1. The zero-order valence-corrected chi connectivity index (χ0v) is 25.6. The van der Waals surface area contributed by atoms with Gasteiger partial charge in [-0.3, -0.25) is 9.59 Å². The molecule has 0 bridgehead atoms. The molecule has 2 aromatic carbocycles. The van der Waals surface area contributed by atoms with Gasteiger partial charge in [-0.15, -0.1) is 0 Å². The van der Waals surface area contributed by atoms with E-state index in [-0.39, 0.29) is 29.8 Å². The predicted molar refractivity (Wildman–Crippen MR) is 161 cm³/mol. The fourth-order valence-electron chi connectivity index (χ4n) is 7.75. The van der Waals surface area contributed by atoms with Crippen molar-refractivity contribution in [2.24, 2.45) is 17.8 Å². The van der Waals surface area contributed by atoms with Gasteiger partial charge >= 0.3 is 5.97 Å². The van der Waals surface area contributed by atoms with E-state index >= 15 is 0 Å². The van der Waals surface area contributed by atoms with Crippen LogP contribution in [0.25, 0.3) is 0 Å². The molecule has 7 heteroatoms. The molecule has 0 aromatic heterocycles. The van der Waals surface area contributed by atoms with E-state index in [1.807, 2.05) is 18.2 Å². The summed E-state index contributed by atoms with van der Waals surface area (Å²) in [5.74, 6) is 2.39. The number of carbonyl (C=O) groups is 2. The van der Waals surface area contributed by atoms with Crippen LogP contribution < -0.4 is 10.1 Å². The number of halogens is 2. The number of nitrogens with zero attached hydrogens (tertiary/aromatic N) is 1. The van der Waals surface area contributed by atoms with Crippen LogP contribution >= 0.6 is 23.2 Å². The molecule has 3 fully saturated rings. The molecular weight excluding hydrogens is 543 g/mol. The summed E-state index contributed by atoms with van der Waals surface area (Å²) in [6.07, 6.45) is 7.09. The second-order valence-corrected chi connectivity index (χ2v) is 14.0. The van der Waals surface area contributed by atoms with Crippen LogP contribution in [-0.2, 0) is 21.4 Å². The maximum absolute atomic E-state index is 13.2. The number of ether oxygens (including phenoxy) is 1. The summed E-state index contributed by atoms with van der Waals surface area (Å²) in [4.78, 5) is 24.9. The van der Waals surface area contributed by atoms with Crippen LogP contribution in [0.3, 0.4) is 0 Å². The highest BCUT2D eigenvalue weighted by Gasteiger charge is 2.54. The van der Waals surface area contributed by atoms with Crippen molar-refractivity contribution in [3.8, 4) is 5.75 Å². The van der Waals surface area contributed by atoms with Crippen LogP contribution in [0.2, 0.25) is 10.0 Å². The quantitative estimate of drug-likeness (QED) is 0.196. The molecule has 1 aliphatic heterocycles. The molecule has 0 spiro atoms. The minimum Gasteiger partial charge on any atom is -0.427 e. The van der Waals surface area contributed by atoms with E-state index in [1.54, 1.807) is 12.1 Å². The van der Waals surface area contributed by atoms with Gasteiger partial charge in [-0.1, -0.05) is 55.2 Å². The number of amides is 1. The molecule has 1 heterocycles. The van der Waals surface area contributed by atoms with Gasteiger partial charge < -0.3 is 14.5 Å². The van der Waals surface area contributed by atoms with Gasteiger partial charge in [0, 0.05) is 42.6 Å². The lowest BCUT2D eigenvalue weighted by Crippen LogP contribution is -2.64. The minimum absolute atomic E-state index is 0.0140. The first kappa shape index (κ1) is 29.4. The van der Waals surface area contributed by atoms with Crippen LogP contribution in [0.15, 0.2) is 42.5 Å². The molecule has 1 unspecified atom stereocenters. The average molecular weight is 587 g/mol. The van der Waals surface area contributed by atoms with E-state index in [1.165, 1.54) is 49.4 Å². The zero-order chi connectivity index (χ0) is 28.5. The Bertz CT molecular complexity index is 1240. The summed E-state index contributed by atoms with van der Waals surface area (Å²) in [6, 6.07) is 13.6. The topological polar surface area (TPSA) is 55.4 Å². The molecule has 2 aliphatic carbocycles. The second kappa shape index (κ2) is 12.0. The van der Waals surface area contributed by atoms with Crippen molar-refractivity contribution in [2.75, 3.05) is 26.2 Å². The Labute approximate surface area is 249 Å². The Hall–Kier alpha value is -2.08. The number of fused-ring (bicyclic) bond motifs is 1. The number of benzene rings is 2. The van der Waals surface area contributed by atoms with Crippen molar-refractivity contribution in [3.63, 3.8) is 0 Å². The fraction of sp³-hybridized carbons (Fsp3) is 0.576. The molecule has 5 nitrogen and oxygen atoms in total. The van der Waals surface area contributed by atoms with Crippen molar-refractivity contribution in [1.29, 1.82) is 0 Å². The molecule has 1 amide bonds. The number of nitrogens with one attached hydrogen (secondary N) is 1. The zero-order valence-electron chi connectivity index (χ0n) is 24.1. The van der Waals surface area contributed by atoms with Crippen molar-refractivity contribution in [3.05, 3.63) is 63.6 Å². The Morgan fingerprint density at radius 3 is 2.58 bits per heavy atom. The molecule has 40 heavy (non-hydrogen) atoms. The van der Waals surface area contributed by atoms with Crippen molar-refractivity contribution >= 4 is 35.1 Å². The van der Waals surface area contributed by atoms with Gasteiger partial charge in [-0.25, -0.2) is 0 Å². The summed E-state index contributed by atoms with van der Waals surface area (Å²) < 4.78 is 6.75. The fourth-order valence-corrected chi connectivity index (χ4v) is 8.07. The van der Waals surface area contributed by atoms with Crippen LogP contribution in [0.5, 0.6) is 5.75 Å². The normalized spacial score (nSPS) is 28.1. The molecule has 3 aliphatic rings. The van der Waals surface area contributed by atoms with E-state index in [9.17, 15) is 9.59 Å². The number of likely N-dealkylation sites (tertiary alicyclic amines) is 1. The van der Waals surface area contributed by atoms with Crippen molar-refractivity contribution < 1.29 is 18.8 Å². The SMILES string of the molecule is CC(=O)Oc1cccc([C@]23CC[N@+](CC(C)C)(CC4CC4)CC2CC[C@@H](NC(=O)Cc2ccc(Cl)c(Cl)c2)C3)c1. The number of esters is 1. The Morgan fingerprint density at radius 2 is 1.88 bits per heavy atom. The standard InChI is InChI=1S/C33H42Cl2N2O3/c1-22(2)19-37(20-24-7-8-24)14-13-33(26-5-4-6-29(17-26)40-23(3)38)18-28(11-10-27(33)21-37)36-32(39)16-25-9-12-30(34)31(35)15-25/h4-6,9,12,15,17,22,24,27-28H,7-8,10-11,13-14,16,18-21H2,1-3H3/p+1/t27?,28-,33-,37+/m1/s1. The molecule has 5 rings (SSSR count). The van der Waals surface area contributed by atoms with Crippen molar-refractivity contribution in [1.82, 2.24) is 5.32 Å². The Kier molecular flexibility index (Phi) is 8.85. The van der Waals surface area contributed by atoms with Gasteiger partial charge in [0.05, 0.1) is 42.6 Å². The molecular formula is C33H43Cl2N2O3+. The van der Waals surface area contributed by atoms with Crippen LogP contribution in [0.4, 0.5) is 0 Å². The van der Waals surface area contributed by atoms with Gasteiger partial charge in [0.25, 0.3) is 0 Å². The Balaban J connectivity index is 1.39. The number of carbonyl (C=O) groups excluding carboxylic acids is 2. The van der Waals surface area contributed by atoms with Gasteiger partial charge in [0.15, 0.2) is 0 Å². The molecule has 1 N–H and O–H groups in total. The van der Waals surface area contributed by atoms with E-state index in [2.05, 4.69) is 31.3 Å². The first-order chi connectivity index (χ1) is 19.1. The summed E-state index contributed by atoms with van der Waals surface area (Å²) in [7, 11) is 0. The first-order valence-corrected chi connectivity index (χ1v) is 15.7. The second-order valence-electron chi connectivity index (χ2n) is 13.1. The molecule has 216 valence electrons. The first-order valence-electron chi connectivity index (χ1n) is 14.9. The predicted octanol–water partition coefficient (Wildman–Crippen LogP) is 6.97. The third kappa shape index (κ3) is 6.86. The monoisotopic (exact) mass is 585 g/mol. The van der Waals surface area contributed by atoms with E-state index in [0.717, 1.165) is 43.7 Å². The minimum atomic E-state index is -0.303. The lowest BCUT2D eigenvalue weighted by Gasteiger charge is -2.57. The third-order valence-corrected chi connectivity index (χ3v) is 10.1. The molecule has 0 radical (unpaired) electrons. The summed E-state index contributed by atoms with van der Waals surface area (Å²) in [6.45, 7) is 11.1. The summed E-state index contributed by atoms with van der Waals surface area (Å²) in [5.41, 5.74) is 2.05. The highest BCUT2D eigenvalue weighted by Crippen LogP contribution is 2.52. The molecule has 2 saturated carbocycles. The van der Waals surface area contributed by atoms with E-state index in [4.69, 9.17) is 27.9 Å². The largest absolute Gasteiger partial charge is 0.427 e. The summed E-state index contributed by atoms with van der Waals surface area (Å²) in [5, 5.41) is 4.33. The van der Waals surface area contributed by atoms with Crippen molar-refractivity contribution in [2.45, 2.75) is 77.2 Å². The van der Waals surface area contributed by atoms with Crippen LogP contribution in [0.1, 0.15) is 70.4 Å². The van der Waals surface area contributed by atoms with Gasteiger partial charge in [-0.05, 0) is 67.5 Å². The highest BCUT2D eigenvalue weighted by atomic mass is 35.5. The smallest absolute Gasteiger partial charge is 0.308 e. The lowest BCUT2D eigenvalue weighted by atomic mass is 9.57. The van der Waals surface area contributed by atoms with Crippen LogP contribution in [0, 0.1) is 17.8 Å². The Morgan fingerprint density at radius 1 is 1.07 bits per heavy atom.